The first-order chi connectivity index (χ1) is 5.61. The van der Waals surface area contributed by atoms with Crippen molar-refractivity contribution in [3.8, 4) is 0 Å². The van der Waals surface area contributed by atoms with E-state index in [0.29, 0.717) is 0 Å². The summed E-state index contributed by atoms with van der Waals surface area (Å²) >= 11 is -1.51. The summed E-state index contributed by atoms with van der Waals surface area (Å²) in [5, 5.41) is 10.0. The Morgan fingerprint density at radius 1 is 1.75 bits per heavy atom. The second-order valence-corrected chi connectivity index (χ2v) is 3.39. The van der Waals surface area contributed by atoms with Crippen molar-refractivity contribution in [1.82, 2.24) is 0 Å². The number of rotatable bonds is 3. The fourth-order valence-electron chi connectivity index (χ4n) is 0.645. The molecule has 1 unspecified atom stereocenters. The molecule has 0 radical (unpaired) electrons. The number of thiophene rings is 1. The predicted molar refractivity (Wildman–Crippen MR) is 43.8 cm³/mol. The summed E-state index contributed by atoms with van der Waals surface area (Å²) in [7, 11) is 0. The fraction of sp³-hybridized carbons (Fsp3) is 0. The maximum atomic E-state index is 10.4. The largest absolute Gasteiger partial charge is 0.755 e. The van der Waals surface area contributed by atoms with Gasteiger partial charge in [-0.2, -0.15) is 0 Å². The van der Waals surface area contributed by atoms with E-state index in [9.17, 15) is 13.6 Å². The van der Waals surface area contributed by atoms with Crippen molar-refractivity contribution in [1.29, 1.82) is 0 Å². The lowest BCUT2D eigenvalue weighted by Gasteiger charge is -2.06. The van der Waals surface area contributed by atoms with Crippen LogP contribution in [0.2, 0.25) is 0 Å². The Hall–Kier alpha value is -0.920. The molecule has 0 amide bonds. The maximum Gasteiger partial charge on any atom is 0.348 e. The molecule has 0 aliphatic rings. The van der Waals surface area contributed by atoms with Gasteiger partial charge in [-0.15, -0.1) is 11.3 Å². The number of aromatic carboxylic acids is 1. The van der Waals surface area contributed by atoms with Gasteiger partial charge in [-0.05, 0) is 11.4 Å². The highest BCUT2D eigenvalue weighted by Gasteiger charge is 2.10. The van der Waals surface area contributed by atoms with E-state index in [2.05, 4.69) is 0 Å². The number of carboxylic acid groups (broad SMARTS) is 1. The van der Waals surface area contributed by atoms with Crippen molar-refractivity contribution in [3.05, 3.63) is 16.3 Å². The topological polar surface area (TPSA) is 89.5 Å². The lowest BCUT2D eigenvalue weighted by atomic mass is 10.4. The van der Waals surface area contributed by atoms with Crippen LogP contribution < -0.4 is 4.72 Å². The minimum Gasteiger partial charge on any atom is -0.755 e. The highest BCUT2D eigenvalue weighted by atomic mass is 32.2. The first kappa shape index (κ1) is 9.17. The molecule has 0 aliphatic carbocycles. The third-order valence-electron chi connectivity index (χ3n) is 1.05. The van der Waals surface area contributed by atoms with E-state index < -0.39 is 17.2 Å². The molecule has 7 heteroatoms. The SMILES string of the molecule is O=C(O)c1sccc1NS(=O)[O-]. The van der Waals surface area contributed by atoms with Crippen LogP contribution in [-0.4, -0.2) is 19.8 Å². The van der Waals surface area contributed by atoms with Crippen LogP contribution in [0.4, 0.5) is 5.69 Å². The van der Waals surface area contributed by atoms with Gasteiger partial charge >= 0.3 is 5.97 Å². The van der Waals surface area contributed by atoms with Crippen molar-refractivity contribution in [2.24, 2.45) is 0 Å². The second-order valence-electron chi connectivity index (χ2n) is 1.81. The highest BCUT2D eigenvalue weighted by molar-refractivity contribution is 7.80. The molecule has 1 aromatic heterocycles. The molecule has 66 valence electrons. The number of carbonyl (C=O) groups is 1. The van der Waals surface area contributed by atoms with Gasteiger partial charge in [0.05, 0.1) is 5.69 Å². The highest BCUT2D eigenvalue weighted by Crippen LogP contribution is 2.21. The molecule has 0 saturated heterocycles. The molecule has 12 heavy (non-hydrogen) atoms. The summed E-state index contributed by atoms with van der Waals surface area (Å²) in [5.41, 5.74) is 0.0980. The lowest BCUT2D eigenvalue weighted by molar-refractivity contribution is 0.0703. The zero-order chi connectivity index (χ0) is 9.14. The van der Waals surface area contributed by atoms with E-state index in [1.807, 2.05) is 4.72 Å². The van der Waals surface area contributed by atoms with Crippen LogP contribution >= 0.6 is 11.3 Å². The van der Waals surface area contributed by atoms with E-state index in [1.165, 1.54) is 11.4 Å². The van der Waals surface area contributed by atoms with E-state index in [1.54, 1.807) is 0 Å². The molecule has 5 nitrogen and oxygen atoms in total. The number of carboxylic acids is 1. The van der Waals surface area contributed by atoms with Crippen LogP contribution in [0.1, 0.15) is 9.67 Å². The minimum atomic E-state index is -2.48. The molecular formula is C5H4NO4S2-. The molecule has 2 N–H and O–H groups in total. The van der Waals surface area contributed by atoms with Gasteiger partial charge < -0.3 is 14.4 Å². The van der Waals surface area contributed by atoms with Gasteiger partial charge in [0.15, 0.2) is 0 Å². The van der Waals surface area contributed by atoms with Gasteiger partial charge in [0.2, 0.25) is 0 Å². The molecule has 0 fully saturated rings. The average molecular weight is 206 g/mol. The first-order valence-electron chi connectivity index (χ1n) is 2.78. The Balaban J connectivity index is 2.91. The molecular weight excluding hydrogens is 202 g/mol. The standard InChI is InChI=1S/C5H5NO4S2/c7-5(8)4-3(1-2-11-4)6-12(9)10/h1-2,6H,(H,7,8)(H,9,10)/p-1. The molecule has 1 atom stereocenters. The van der Waals surface area contributed by atoms with Gasteiger partial charge in [0.25, 0.3) is 0 Å². The molecule has 0 aliphatic heterocycles. The van der Waals surface area contributed by atoms with Crippen molar-refractivity contribution in [2.45, 2.75) is 0 Å². The normalized spacial score (nSPS) is 12.4. The maximum absolute atomic E-state index is 10.4. The molecule has 0 spiro atoms. The quantitative estimate of drug-likeness (QED) is 0.710. The monoisotopic (exact) mass is 206 g/mol. The summed E-state index contributed by atoms with van der Waals surface area (Å²) in [6.45, 7) is 0. The van der Waals surface area contributed by atoms with Crippen molar-refractivity contribution in [3.63, 3.8) is 0 Å². The van der Waals surface area contributed by atoms with E-state index in [-0.39, 0.29) is 10.6 Å². The Bertz CT molecular complexity index is 321. The molecule has 0 aromatic carbocycles. The number of hydrogen-bond acceptors (Lipinski definition) is 4. The van der Waals surface area contributed by atoms with Crippen LogP contribution in [0.3, 0.4) is 0 Å². The summed E-state index contributed by atoms with van der Waals surface area (Å²) in [4.78, 5) is 10.4. The van der Waals surface area contributed by atoms with Gasteiger partial charge in [-0.25, -0.2) is 4.79 Å². The van der Waals surface area contributed by atoms with Crippen LogP contribution in [0.25, 0.3) is 0 Å². The molecule has 0 saturated carbocycles. The third kappa shape index (κ3) is 2.03. The average Bonchev–Trinajstić information content (AvgIpc) is 2.33. The van der Waals surface area contributed by atoms with Gasteiger partial charge in [0.1, 0.15) is 4.88 Å². The second kappa shape index (κ2) is 3.65. The Kier molecular flexibility index (Phi) is 2.79. The van der Waals surface area contributed by atoms with Crippen LogP contribution in [0.15, 0.2) is 11.4 Å². The number of hydrogen-bond donors (Lipinski definition) is 2. The van der Waals surface area contributed by atoms with Gasteiger partial charge in [-0.1, -0.05) is 0 Å². The Labute approximate surface area is 74.5 Å². The Morgan fingerprint density at radius 2 is 2.42 bits per heavy atom. The van der Waals surface area contributed by atoms with Crippen molar-refractivity contribution >= 4 is 34.3 Å². The van der Waals surface area contributed by atoms with E-state index in [4.69, 9.17) is 5.11 Å². The van der Waals surface area contributed by atoms with Gasteiger partial charge in [-0.3, -0.25) is 4.21 Å². The summed E-state index contributed by atoms with van der Waals surface area (Å²) in [6.07, 6.45) is 0. The number of nitrogens with one attached hydrogen (secondary N) is 1. The van der Waals surface area contributed by atoms with Crippen LogP contribution in [0, 0.1) is 0 Å². The van der Waals surface area contributed by atoms with Crippen molar-refractivity contribution < 1.29 is 18.7 Å². The predicted octanol–water partition coefficient (Wildman–Crippen LogP) is 0.652. The molecule has 1 rings (SSSR count). The Morgan fingerprint density at radius 3 is 2.92 bits per heavy atom. The summed E-state index contributed by atoms with van der Waals surface area (Å²) < 4.78 is 22.3. The number of anilines is 1. The van der Waals surface area contributed by atoms with Crippen LogP contribution in [-0.2, 0) is 11.3 Å². The minimum absolute atomic E-state index is 0.0146. The zero-order valence-electron chi connectivity index (χ0n) is 5.64. The van der Waals surface area contributed by atoms with E-state index >= 15 is 0 Å². The van der Waals surface area contributed by atoms with Gasteiger partial charge in [0, 0.05) is 11.3 Å². The smallest absolute Gasteiger partial charge is 0.348 e. The molecule has 1 aromatic rings. The zero-order valence-corrected chi connectivity index (χ0v) is 7.28. The molecule has 1 heterocycles. The molecule has 0 bridgehead atoms. The summed E-state index contributed by atoms with van der Waals surface area (Å²) in [5.74, 6) is -1.14. The fourth-order valence-corrected chi connectivity index (χ4v) is 1.75. The lowest BCUT2D eigenvalue weighted by Crippen LogP contribution is -2.05. The van der Waals surface area contributed by atoms with E-state index in [0.717, 1.165) is 11.3 Å². The van der Waals surface area contributed by atoms with Crippen LogP contribution in [0.5, 0.6) is 0 Å². The first-order valence-corrected chi connectivity index (χ1v) is 4.73. The van der Waals surface area contributed by atoms with Crippen molar-refractivity contribution in [2.75, 3.05) is 4.72 Å². The third-order valence-corrected chi connectivity index (χ3v) is 2.34. The summed E-state index contributed by atoms with van der Waals surface area (Å²) in [6, 6.07) is 1.39.